The Morgan fingerprint density at radius 2 is 1.77 bits per heavy atom. The number of fused-ring (bicyclic) bond motifs is 2. The SMILES string of the molecule is COc1cc(-c2ccc3c(c2)Nc2ccc(CCO)cc2NC3=O)ccc1CC#N. The fourth-order valence-corrected chi connectivity index (χ4v) is 3.60. The number of aliphatic hydroxyl groups excluding tert-OH is 1. The van der Waals surface area contributed by atoms with Crippen molar-refractivity contribution < 1.29 is 14.6 Å². The molecule has 1 heterocycles. The molecule has 0 saturated heterocycles. The van der Waals surface area contributed by atoms with Crippen LogP contribution < -0.4 is 15.4 Å². The van der Waals surface area contributed by atoms with E-state index in [1.54, 1.807) is 13.2 Å². The first-order valence-corrected chi connectivity index (χ1v) is 9.63. The summed E-state index contributed by atoms with van der Waals surface area (Å²) in [6.07, 6.45) is 0.814. The minimum absolute atomic E-state index is 0.0559. The van der Waals surface area contributed by atoms with Crippen molar-refractivity contribution in [1.82, 2.24) is 0 Å². The highest BCUT2D eigenvalue weighted by atomic mass is 16.5. The first kappa shape index (κ1) is 19.5. The lowest BCUT2D eigenvalue weighted by molar-refractivity contribution is 0.102. The van der Waals surface area contributed by atoms with E-state index in [0.29, 0.717) is 29.1 Å². The van der Waals surface area contributed by atoms with E-state index < -0.39 is 0 Å². The molecule has 4 rings (SSSR count). The van der Waals surface area contributed by atoms with Gasteiger partial charge in [0.1, 0.15) is 5.75 Å². The summed E-state index contributed by atoms with van der Waals surface area (Å²) in [5.74, 6) is 0.474. The molecule has 3 N–H and O–H groups in total. The Balaban J connectivity index is 1.72. The van der Waals surface area contributed by atoms with Crippen LogP contribution in [-0.2, 0) is 12.8 Å². The average molecular weight is 399 g/mol. The summed E-state index contributed by atoms with van der Waals surface area (Å²) in [7, 11) is 1.59. The Kier molecular flexibility index (Phi) is 5.38. The third kappa shape index (κ3) is 3.71. The molecule has 3 aromatic rings. The van der Waals surface area contributed by atoms with Crippen LogP contribution in [0, 0.1) is 11.3 Å². The molecule has 0 atom stereocenters. The number of carbonyl (C=O) groups excluding carboxylic acids is 1. The first-order valence-electron chi connectivity index (χ1n) is 9.63. The van der Waals surface area contributed by atoms with Crippen LogP contribution in [0.2, 0.25) is 0 Å². The van der Waals surface area contributed by atoms with Crippen LogP contribution in [0.4, 0.5) is 17.1 Å². The van der Waals surface area contributed by atoms with Crippen molar-refractivity contribution in [3.63, 3.8) is 0 Å². The van der Waals surface area contributed by atoms with Crippen molar-refractivity contribution in [2.45, 2.75) is 12.8 Å². The van der Waals surface area contributed by atoms with Gasteiger partial charge in [-0.15, -0.1) is 0 Å². The molecule has 0 bridgehead atoms. The number of amides is 1. The number of carbonyl (C=O) groups is 1. The second kappa shape index (κ2) is 8.27. The van der Waals surface area contributed by atoms with Crippen LogP contribution >= 0.6 is 0 Å². The Hall–Kier alpha value is -3.82. The summed E-state index contributed by atoms with van der Waals surface area (Å²) in [6, 6.07) is 19.2. The normalized spacial score (nSPS) is 12.0. The summed E-state index contributed by atoms with van der Waals surface area (Å²) in [5, 5.41) is 24.4. The number of hydrogen-bond donors (Lipinski definition) is 3. The highest BCUT2D eigenvalue weighted by Crippen LogP contribution is 2.36. The van der Waals surface area contributed by atoms with E-state index in [0.717, 1.165) is 27.9 Å². The van der Waals surface area contributed by atoms with Crippen LogP contribution in [0.3, 0.4) is 0 Å². The fourth-order valence-electron chi connectivity index (χ4n) is 3.60. The van der Waals surface area contributed by atoms with Gasteiger partial charge in [0.15, 0.2) is 0 Å². The fraction of sp³-hybridized carbons (Fsp3) is 0.167. The number of aliphatic hydroxyl groups is 1. The maximum atomic E-state index is 12.8. The van der Waals surface area contributed by atoms with E-state index in [9.17, 15) is 4.79 Å². The molecule has 6 nitrogen and oxygen atoms in total. The lowest BCUT2D eigenvalue weighted by atomic mass is 9.99. The summed E-state index contributed by atoms with van der Waals surface area (Å²) in [5.41, 5.74) is 6.38. The third-order valence-corrected chi connectivity index (χ3v) is 5.16. The average Bonchev–Trinajstić information content (AvgIpc) is 2.89. The van der Waals surface area contributed by atoms with Gasteiger partial charge in [0.05, 0.1) is 42.2 Å². The van der Waals surface area contributed by atoms with Crippen LogP contribution in [-0.4, -0.2) is 24.7 Å². The smallest absolute Gasteiger partial charge is 0.257 e. The second-order valence-electron chi connectivity index (χ2n) is 7.05. The molecule has 30 heavy (non-hydrogen) atoms. The molecular formula is C24H21N3O3. The van der Waals surface area contributed by atoms with Gasteiger partial charge in [-0.1, -0.05) is 24.3 Å². The van der Waals surface area contributed by atoms with Gasteiger partial charge in [0.25, 0.3) is 5.91 Å². The van der Waals surface area contributed by atoms with E-state index >= 15 is 0 Å². The van der Waals surface area contributed by atoms with Crippen LogP contribution in [0.5, 0.6) is 5.75 Å². The molecular weight excluding hydrogens is 378 g/mol. The third-order valence-electron chi connectivity index (χ3n) is 5.16. The molecule has 0 aliphatic carbocycles. The number of nitrogens with one attached hydrogen (secondary N) is 2. The standard InChI is InChI=1S/C24H21N3O3/c1-30-23-14-18(4-3-16(23)8-10-25)17-5-6-19-21(13-17)26-20-7-2-15(9-11-28)12-22(20)27-24(19)29/h2-7,12-14,26,28H,8-9,11H2,1H3,(H,27,29). The van der Waals surface area contributed by atoms with Gasteiger partial charge in [-0.05, 0) is 53.4 Å². The monoisotopic (exact) mass is 399 g/mol. The van der Waals surface area contributed by atoms with Gasteiger partial charge in [-0.3, -0.25) is 4.79 Å². The molecule has 0 fully saturated rings. The number of rotatable bonds is 5. The molecule has 0 aromatic heterocycles. The molecule has 1 amide bonds. The second-order valence-corrected chi connectivity index (χ2v) is 7.05. The summed E-state index contributed by atoms with van der Waals surface area (Å²) >= 11 is 0. The molecule has 150 valence electrons. The van der Waals surface area contributed by atoms with Crippen LogP contribution in [0.15, 0.2) is 54.6 Å². The van der Waals surface area contributed by atoms with Crippen molar-refractivity contribution >= 4 is 23.0 Å². The number of methoxy groups -OCH3 is 1. The Labute approximate surface area is 174 Å². The van der Waals surface area contributed by atoms with Gasteiger partial charge in [-0.2, -0.15) is 5.26 Å². The minimum atomic E-state index is -0.189. The predicted octanol–water partition coefficient (Wildman–Crippen LogP) is 4.27. The van der Waals surface area contributed by atoms with E-state index in [4.69, 9.17) is 15.1 Å². The number of benzene rings is 3. The van der Waals surface area contributed by atoms with Crippen molar-refractivity contribution in [1.29, 1.82) is 5.26 Å². The van der Waals surface area contributed by atoms with Gasteiger partial charge in [0, 0.05) is 12.2 Å². The zero-order valence-electron chi connectivity index (χ0n) is 16.5. The number of hydrogen-bond acceptors (Lipinski definition) is 5. The topological polar surface area (TPSA) is 94.4 Å². The van der Waals surface area contributed by atoms with Gasteiger partial charge >= 0.3 is 0 Å². The maximum Gasteiger partial charge on any atom is 0.257 e. The molecule has 0 saturated carbocycles. The molecule has 1 aliphatic rings. The molecule has 6 heteroatoms. The van der Waals surface area contributed by atoms with Gasteiger partial charge in [0.2, 0.25) is 0 Å². The predicted molar refractivity (Wildman–Crippen MR) is 116 cm³/mol. The number of nitriles is 1. The molecule has 0 radical (unpaired) electrons. The molecule has 0 unspecified atom stereocenters. The van der Waals surface area contributed by atoms with E-state index in [1.807, 2.05) is 48.5 Å². The van der Waals surface area contributed by atoms with Gasteiger partial charge < -0.3 is 20.5 Å². The highest BCUT2D eigenvalue weighted by molar-refractivity contribution is 6.12. The molecule has 0 spiro atoms. The highest BCUT2D eigenvalue weighted by Gasteiger charge is 2.20. The number of nitrogens with zero attached hydrogens (tertiary/aromatic N) is 1. The van der Waals surface area contributed by atoms with Crippen LogP contribution in [0.1, 0.15) is 21.5 Å². The summed E-state index contributed by atoms with van der Waals surface area (Å²) in [6.45, 7) is 0.0559. The van der Waals surface area contributed by atoms with Gasteiger partial charge in [-0.25, -0.2) is 0 Å². The largest absolute Gasteiger partial charge is 0.496 e. The van der Waals surface area contributed by atoms with E-state index in [1.165, 1.54) is 0 Å². The quantitative estimate of drug-likeness (QED) is 0.596. The minimum Gasteiger partial charge on any atom is -0.496 e. The zero-order chi connectivity index (χ0) is 21.1. The number of anilines is 3. The Bertz CT molecular complexity index is 1160. The maximum absolute atomic E-state index is 12.8. The number of ether oxygens (including phenoxy) is 1. The lowest BCUT2D eigenvalue weighted by Gasteiger charge is -2.13. The molecule has 3 aromatic carbocycles. The van der Waals surface area contributed by atoms with Crippen LogP contribution in [0.25, 0.3) is 11.1 Å². The zero-order valence-corrected chi connectivity index (χ0v) is 16.5. The summed E-state index contributed by atoms with van der Waals surface area (Å²) in [4.78, 5) is 12.8. The Morgan fingerprint density at radius 3 is 2.53 bits per heavy atom. The van der Waals surface area contributed by atoms with Crippen molar-refractivity contribution in [2.75, 3.05) is 24.4 Å². The Morgan fingerprint density at radius 1 is 0.967 bits per heavy atom. The summed E-state index contributed by atoms with van der Waals surface area (Å²) < 4.78 is 5.44. The van der Waals surface area contributed by atoms with E-state index in [-0.39, 0.29) is 18.9 Å². The van der Waals surface area contributed by atoms with Crippen molar-refractivity contribution in [2.24, 2.45) is 0 Å². The van der Waals surface area contributed by atoms with Crippen molar-refractivity contribution in [3.05, 3.63) is 71.3 Å². The first-order chi connectivity index (χ1) is 14.6. The molecule has 1 aliphatic heterocycles. The van der Waals surface area contributed by atoms with E-state index in [2.05, 4.69) is 16.7 Å². The lowest BCUT2D eigenvalue weighted by Crippen LogP contribution is -2.11. The van der Waals surface area contributed by atoms with Crippen molar-refractivity contribution in [3.8, 4) is 22.9 Å².